The van der Waals surface area contributed by atoms with Crippen LogP contribution in [0.3, 0.4) is 0 Å². The number of aliphatic hydroxyl groups is 1. The first-order valence-corrected chi connectivity index (χ1v) is 5.96. The zero-order valence-corrected chi connectivity index (χ0v) is 9.60. The van der Waals surface area contributed by atoms with Gasteiger partial charge in [0.2, 0.25) is 0 Å². The number of para-hydroxylation sites is 1. The van der Waals surface area contributed by atoms with E-state index in [-0.39, 0.29) is 0 Å². The molecule has 0 amide bonds. The van der Waals surface area contributed by atoms with Crippen LogP contribution < -0.4 is 5.73 Å². The van der Waals surface area contributed by atoms with Crippen LogP contribution in [-0.2, 0) is 6.54 Å². The smallest absolute Gasteiger partial charge is 0.0434 e. The van der Waals surface area contributed by atoms with Gasteiger partial charge in [-0.05, 0) is 36.9 Å². The molecule has 3 heteroatoms. The lowest BCUT2D eigenvalue weighted by molar-refractivity contribution is 0.249. The highest BCUT2D eigenvalue weighted by molar-refractivity contribution is 5.46. The van der Waals surface area contributed by atoms with Crippen molar-refractivity contribution in [3.63, 3.8) is 0 Å². The molecular weight excluding hydrogens is 200 g/mol. The molecule has 1 aromatic rings. The van der Waals surface area contributed by atoms with Crippen molar-refractivity contribution in [1.82, 2.24) is 4.90 Å². The third-order valence-electron chi connectivity index (χ3n) is 3.36. The summed E-state index contributed by atoms with van der Waals surface area (Å²) in [4.78, 5) is 2.42. The zero-order valence-electron chi connectivity index (χ0n) is 9.60. The molecule has 0 saturated carbocycles. The topological polar surface area (TPSA) is 49.5 Å². The van der Waals surface area contributed by atoms with Crippen molar-refractivity contribution in [2.75, 3.05) is 25.4 Å². The first-order valence-electron chi connectivity index (χ1n) is 5.96. The van der Waals surface area contributed by atoms with E-state index in [4.69, 9.17) is 10.8 Å². The lowest BCUT2D eigenvalue weighted by Crippen LogP contribution is -2.21. The van der Waals surface area contributed by atoms with Crippen molar-refractivity contribution in [3.05, 3.63) is 29.8 Å². The lowest BCUT2D eigenvalue weighted by atomic mass is 10.1. The van der Waals surface area contributed by atoms with Gasteiger partial charge in [-0.15, -0.1) is 0 Å². The molecule has 1 unspecified atom stereocenters. The number of anilines is 1. The number of nitrogens with two attached hydrogens (primary N) is 1. The van der Waals surface area contributed by atoms with Gasteiger partial charge in [0.1, 0.15) is 0 Å². The predicted octanol–water partition coefficient (Wildman–Crippen LogP) is 1.47. The van der Waals surface area contributed by atoms with Crippen LogP contribution in [0.5, 0.6) is 0 Å². The maximum Gasteiger partial charge on any atom is 0.0434 e. The fraction of sp³-hybridized carbons (Fsp3) is 0.538. The first kappa shape index (κ1) is 11.4. The zero-order chi connectivity index (χ0) is 11.4. The summed E-state index contributed by atoms with van der Waals surface area (Å²) in [6.45, 7) is 3.47. The summed E-state index contributed by atoms with van der Waals surface area (Å²) >= 11 is 0. The van der Waals surface area contributed by atoms with Crippen LogP contribution in [0.2, 0.25) is 0 Å². The Labute approximate surface area is 96.9 Å². The molecule has 0 aromatic heterocycles. The predicted molar refractivity (Wildman–Crippen MR) is 65.9 cm³/mol. The van der Waals surface area contributed by atoms with Crippen LogP contribution in [0.1, 0.15) is 18.4 Å². The molecule has 2 rings (SSSR count). The van der Waals surface area contributed by atoms with E-state index in [2.05, 4.69) is 11.0 Å². The van der Waals surface area contributed by atoms with Crippen LogP contribution in [0.4, 0.5) is 5.69 Å². The highest BCUT2D eigenvalue weighted by atomic mass is 16.3. The van der Waals surface area contributed by atoms with E-state index < -0.39 is 0 Å². The van der Waals surface area contributed by atoms with Crippen molar-refractivity contribution in [1.29, 1.82) is 0 Å². The van der Waals surface area contributed by atoms with E-state index in [9.17, 15) is 0 Å². The van der Waals surface area contributed by atoms with Gasteiger partial charge < -0.3 is 10.8 Å². The molecule has 0 spiro atoms. The second-order valence-electron chi connectivity index (χ2n) is 4.60. The van der Waals surface area contributed by atoms with Crippen LogP contribution >= 0.6 is 0 Å². The molecule has 1 atom stereocenters. The van der Waals surface area contributed by atoms with Crippen LogP contribution in [0, 0.1) is 5.92 Å². The van der Waals surface area contributed by atoms with Gasteiger partial charge in [-0.2, -0.15) is 0 Å². The highest BCUT2D eigenvalue weighted by Crippen LogP contribution is 2.22. The minimum absolute atomic E-state index is 0.311. The summed E-state index contributed by atoms with van der Waals surface area (Å²) in [5.74, 6) is 0.662. The molecule has 1 fully saturated rings. The highest BCUT2D eigenvalue weighted by Gasteiger charge is 2.22. The Bertz CT molecular complexity index is 340. The number of nitrogens with zero attached hydrogens (tertiary/aromatic N) is 1. The average Bonchev–Trinajstić information content (AvgIpc) is 2.70. The largest absolute Gasteiger partial charge is 0.398 e. The maximum atomic E-state index is 8.91. The molecule has 0 radical (unpaired) electrons. The molecule has 88 valence electrons. The number of rotatable bonds is 4. The molecule has 1 heterocycles. The van der Waals surface area contributed by atoms with E-state index in [0.717, 1.165) is 31.7 Å². The van der Waals surface area contributed by atoms with E-state index in [1.54, 1.807) is 0 Å². The third kappa shape index (κ3) is 2.74. The van der Waals surface area contributed by atoms with E-state index in [1.807, 2.05) is 18.2 Å². The van der Waals surface area contributed by atoms with Crippen molar-refractivity contribution in [2.45, 2.75) is 19.4 Å². The van der Waals surface area contributed by atoms with E-state index >= 15 is 0 Å². The first-order chi connectivity index (χ1) is 7.79. The minimum Gasteiger partial charge on any atom is -0.398 e. The molecule has 3 N–H and O–H groups in total. The van der Waals surface area contributed by atoms with Gasteiger partial charge in [-0.3, -0.25) is 4.90 Å². The maximum absolute atomic E-state index is 8.91. The van der Waals surface area contributed by atoms with E-state index in [1.165, 1.54) is 12.0 Å². The van der Waals surface area contributed by atoms with Gasteiger partial charge in [0, 0.05) is 25.4 Å². The number of likely N-dealkylation sites (tertiary alicyclic amines) is 1. The van der Waals surface area contributed by atoms with Gasteiger partial charge in [0.05, 0.1) is 0 Å². The summed E-state index contributed by atoms with van der Waals surface area (Å²) < 4.78 is 0. The average molecular weight is 220 g/mol. The number of aliphatic hydroxyl groups excluding tert-OH is 1. The number of benzene rings is 1. The normalized spacial score (nSPS) is 21.4. The quantitative estimate of drug-likeness (QED) is 0.756. The molecule has 1 aliphatic heterocycles. The van der Waals surface area contributed by atoms with Crippen LogP contribution in [0.15, 0.2) is 24.3 Å². The molecular formula is C13H20N2O. The Morgan fingerprint density at radius 2 is 2.19 bits per heavy atom. The third-order valence-corrected chi connectivity index (χ3v) is 3.36. The Kier molecular flexibility index (Phi) is 3.80. The fourth-order valence-electron chi connectivity index (χ4n) is 2.39. The van der Waals surface area contributed by atoms with Gasteiger partial charge in [0.25, 0.3) is 0 Å². The Hall–Kier alpha value is -1.06. The molecule has 0 bridgehead atoms. The second kappa shape index (κ2) is 5.32. The standard InChI is InChI=1S/C13H20N2O/c14-13-4-2-1-3-12(13)10-15-7-5-11(9-15)6-8-16/h1-4,11,16H,5-10,14H2. The van der Waals surface area contributed by atoms with Crippen molar-refractivity contribution >= 4 is 5.69 Å². The molecule has 1 aromatic carbocycles. The molecule has 16 heavy (non-hydrogen) atoms. The Morgan fingerprint density at radius 3 is 2.94 bits per heavy atom. The minimum atomic E-state index is 0.311. The summed E-state index contributed by atoms with van der Waals surface area (Å²) in [5.41, 5.74) is 8.02. The SMILES string of the molecule is Nc1ccccc1CN1CCC(CCO)C1. The van der Waals surface area contributed by atoms with Gasteiger partial charge in [0.15, 0.2) is 0 Å². The fourth-order valence-corrected chi connectivity index (χ4v) is 2.39. The monoisotopic (exact) mass is 220 g/mol. The summed E-state index contributed by atoms with van der Waals surface area (Å²) in [5, 5.41) is 8.91. The Morgan fingerprint density at radius 1 is 1.38 bits per heavy atom. The lowest BCUT2D eigenvalue weighted by Gasteiger charge is -2.17. The number of hydrogen-bond donors (Lipinski definition) is 2. The summed E-state index contributed by atoms with van der Waals surface area (Å²) in [6, 6.07) is 8.05. The molecule has 3 nitrogen and oxygen atoms in total. The van der Waals surface area contributed by atoms with Gasteiger partial charge >= 0.3 is 0 Å². The second-order valence-corrected chi connectivity index (χ2v) is 4.60. The summed E-state index contributed by atoms with van der Waals surface area (Å²) in [7, 11) is 0. The summed E-state index contributed by atoms with van der Waals surface area (Å²) in [6.07, 6.45) is 2.13. The molecule has 1 saturated heterocycles. The van der Waals surface area contributed by atoms with Crippen molar-refractivity contribution < 1.29 is 5.11 Å². The van der Waals surface area contributed by atoms with Gasteiger partial charge in [-0.1, -0.05) is 18.2 Å². The number of hydrogen-bond acceptors (Lipinski definition) is 3. The van der Waals surface area contributed by atoms with Crippen molar-refractivity contribution in [2.24, 2.45) is 5.92 Å². The Balaban J connectivity index is 1.90. The molecule has 1 aliphatic rings. The van der Waals surface area contributed by atoms with Crippen LogP contribution in [0.25, 0.3) is 0 Å². The van der Waals surface area contributed by atoms with Crippen molar-refractivity contribution in [3.8, 4) is 0 Å². The molecule has 0 aliphatic carbocycles. The van der Waals surface area contributed by atoms with E-state index in [0.29, 0.717) is 12.5 Å². The van der Waals surface area contributed by atoms with Crippen LogP contribution in [-0.4, -0.2) is 29.7 Å². The number of nitrogen functional groups attached to an aromatic ring is 1. The van der Waals surface area contributed by atoms with Gasteiger partial charge in [-0.25, -0.2) is 0 Å².